The molecule has 0 aliphatic heterocycles. The molecule has 2 aromatic carbocycles. The van der Waals surface area contributed by atoms with Crippen molar-refractivity contribution in [2.45, 2.75) is 13.0 Å². The van der Waals surface area contributed by atoms with Crippen LogP contribution in [-0.2, 0) is 13.0 Å². The van der Waals surface area contributed by atoms with E-state index in [0.29, 0.717) is 30.2 Å². The van der Waals surface area contributed by atoms with Gasteiger partial charge in [-0.1, -0.05) is 24.3 Å². The molecule has 0 saturated carbocycles. The Morgan fingerprint density at radius 3 is 2.76 bits per heavy atom. The number of aromatic nitrogens is 2. The number of nitrogen functional groups attached to an aromatic ring is 1. The lowest BCUT2D eigenvalue weighted by atomic mass is 10.1. The van der Waals surface area contributed by atoms with E-state index in [-0.39, 0.29) is 5.82 Å². The van der Waals surface area contributed by atoms with Gasteiger partial charge in [0.25, 0.3) is 0 Å². The summed E-state index contributed by atoms with van der Waals surface area (Å²) in [4.78, 5) is 4.34. The van der Waals surface area contributed by atoms with Gasteiger partial charge in [0.2, 0.25) is 5.95 Å². The van der Waals surface area contributed by atoms with Crippen molar-refractivity contribution >= 4 is 17.0 Å². The second kappa shape index (κ2) is 5.44. The molecule has 0 saturated heterocycles. The first-order chi connectivity index (χ1) is 10.2. The maximum atomic E-state index is 13.7. The van der Waals surface area contributed by atoms with Gasteiger partial charge in [-0.2, -0.15) is 0 Å². The number of hydrogen-bond acceptors (Lipinski definition) is 3. The highest BCUT2D eigenvalue weighted by Gasteiger charge is 2.12. The van der Waals surface area contributed by atoms with E-state index >= 15 is 0 Å². The van der Waals surface area contributed by atoms with Crippen LogP contribution in [0.3, 0.4) is 0 Å². The Kier molecular flexibility index (Phi) is 3.48. The molecule has 3 rings (SSSR count). The molecule has 0 aliphatic carbocycles. The lowest BCUT2D eigenvalue weighted by Gasteiger charge is -2.07. The Morgan fingerprint density at radius 2 is 2.00 bits per heavy atom. The van der Waals surface area contributed by atoms with E-state index in [0.717, 1.165) is 11.0 Å². The van der Waals surface area contributed by atoms with Gasteiger partial charge >= 0.3 is 0 Å². The SMILES string of the molecule is COc1cccc2c1nc(N)n2CCc1ccccc1F. The molecular formula is C16H16FN3O. The van der Waals surface area contributed by atoms with Gasteiger partial charge < -0.3 is 15.0 Å². The third-order valence-electron chi connectivity index (χ3n) is 3.55. The van der Waals surface area contributed by atoms with Crippen molar-refractivity contribution in [1.29, 1.82) is 0 Å². The molecule has 21 heavy (non-hydrogen) atoms. The zero-order valence-corrected chi connectivity index (χ0v) is 11.7. The van der Waals surface area contributed by atoms with E-state index in [1.807, 2.05) is 28.8 Å². The number of aryl methyl sites for hydroxylation is 2. The van der Waals surface area contributed by atoms with Gasteiger partial charge in [0, 0.05) is 6.54 Å². The number of nitrogens with two attached hydrogens (primary N) is 1. The van der Waals surface area contributed by atoms with Gasteiger partial charge in [0.15, 0.2) is 0 Å². The first kappa shape index (κ1) is 13.4. The van der Waals surface area contributed by atoms with Crippen LogP contribution in [0.25, 0.3) is 11.0 Å². The minimum Gasteiger partial charge on any atom is -0.494 e. The summed E-state index contributed by atoms with van der Waals surface area (Å²) in [6.45, 7) is 0.566. The number of methoxy groups -OCH3 is 1. The predicted octanol–water partition coefficient (Wildman–Crippen LogP) is 3.01. The summed E-state index contributed by atoms with van der Waals surface area (Å²) in [7, 11) is 1.60. The molecule has 3 aromatic rings. The second-order valence-corrected chi connectivity index (χ2v) is 4.79. The molecule has 0 radical (unpaired) electrons. The summed E-state index contributed by atoms with van der Waals surface area (Å²) in [5, 5.41) is 0. The van der Waals surface area contributed by atoms with Crippen molar-refractivity contribution in [3.63, 3.8) is 0 Å². The number of nitrogens with zero attached hydrogens (tertiary/aromatic N) is 2. The smallest absolute Gasteiger partial charge is 0.201 e. The van der Waals surface area contributed by atoms with Crippen LogP contribution >= 0.6 is 0 Å². The topological polar surface area (TPSA) is 53.1 Å². The Hall–Kier alpha value is -2.56. The van der Waals surface area contributed by atoms with Crippen molar-refractivity contribution in [2.75, 3.05) is 12.8 Å². The van der Waals surface area contributed by atoms with E-state index in [4.69, 9.17) is 10.5 Å². The lowest BCUT2D eigenvalue weighted by molar-refractivity contribution is 0.419. The molecule has 0 amide bonds. The van der Waals surface area contributed by atoms with E-state index in [1.165, 1.54) is 6.07 Å². The van der Waals surface area contributed by atoms with E-state index in [9.17, 15) is 4.39 Å². The van der Waals surface area contributed by atoms with Gasteiger partial charge in [-0.05, 0) is 30.2 Å². The van der Waals surface area contributed by atoms with Crippen LogP contribution in [0.2, 0.25) is 0 Å². The standard InChI is InChI=1S/C16H16FN3O/c1-21-14-8-4-7-13-15(14)19-16(18)20(13)10-9-11-5-2-3-6-12(11)17/h2-8H,9-10H2,1H3,(H2,18,19). The number of anilines is 1. The molecule has 1 heterocycles. The number of para-hydroxylation sites is 1. The summed E-state index contributed by atoms with van der Waals surface area (Å²) in [5.41, 5.74) is 8.27. The molecule has 0 fully saturated rings. The molecule has 5 heteroatoms. The second-order valence-electron chi connectivity index (χ2n) is 4.79. The van der Waals surface area contributed by atoms with Crippen LogP contribution in [0, 0.1) is 5.82 Å². The molecular weight excluding hydrogens is 269 g/mol. The number of benzene rings is 2. The monoisotopic (exact) mass is 285 g/mol. The number of halogens is 1. The fraction of sp³-hybridized carbons (Fsp3) is 0.188. The van der Waals surface area contributed by atoms with Gasteiger partial charge in [-0.3, -0.25) is 0 Å². The summed E-state index contributed by atoms with van der Waals surface area (Å²) in [6.07, 6.45) is 0.555. The third kappa shape index (κ3) is 2.42. The van der Waals surface area contributed by atoms with E-state index < -0.39 is 0 Å². The minimum absolute atomic E-state index is 0.196. The fourth-order valence-electron chi connectivity index (χ4n) is 2.47. The van der Waals surface area contributed by atoms with Gasteiger partial charge in [0.05, 0.1) is 12.6 Å². The predicted molar refractivity (Wildman–Crippen MR) is 80.8 cm³/mol. The number of rotatable bonds is 4. The van der Waals surface area contributed by atoms with E-state index in [2.05, 4.69) is 4.98 Å². The average Bonchev–Trinajstić information content (AvgIpc) is 2.82. The molecule has 0 unspecified atom stereocenters. The minimum atomic E-state index is -0.196. The normalized spacial score (nSPS) is 11.0. The van der Waals surface area contributed by atoms with Crippen LogP contribution in [-0.4, -0.2) is 16.7 Å². The molecule has 0 bridgehead atoms. The highest BCUT2D eigenvalue weighted by molar-refractivity contribution is 5.84. The highest BCUT2D eigenvalue weighted by Crippen LogP contribution is 2.27. The summed E-state index contributed by atoms with van der Waals surface area (Å²) in [6, 6.07) is 12.4. The fourth-order valence-corrected chi connectivity index (χ4v) is 2.47. The van der Waals surface area contributed by atoms with Crippen LogP contribution in [0.1, 0.15) is 5.56 Å². The van der Waals surface area contributed by atoms with Crippen LogP contribution in [0.15, 0.2) is 42.5 Å². The summed E-state index contributed by atoms with van der Waals surface area (Å²) < 4.78 is 20.8. The zero-order chi connectivity index (χ0) is 14.8. The molecule has 1 aromatic heterocycles. The number of fused-ring (bicyclic) bond motifs is 1. The van der Waals surface area contributed by atoms with Crippen LogP contribution in [0.4, 0.5) is 10.3 Å². The van der Waals surface area contributed by atoms with Crippen molar-refractivity contribution in [3.8, 4) is 5.75 Å². The first-order valence-corrected chi connectivity index (χ1v) is 6.73. The summed E-state index contributed by atoms with van der Waals surface area (Å²) in [5.74, 6) is 0.896. The van der Waals surface area contributed by atoms with E-state index in [1.54, 1.807) is 19.2 Å². The molecule has 2 N–H and O–H groups in total. The number of ether oxygens (including phenoxy) is 1. The highest BCUT2D eigenvalue weighted by atomic mass is 19.1. The molecule has 0 aliphatic rings. The molecule has 108 valence electrons. The van der Waals surface area contributed by atoms with Crippen molar-refractivity contribution < 1.29 is 9.13 Å². The maximum absolute atomic E-state index is 13.7. The van der Waals surface area contributed by atoms with Gasteiger partial charge in [-0.25, -0.2) is 9.37 Å². The van der Waals surface area contributed by atoms with Crippen molar-refractivity contribution in [3.05, 3.63) is 53.8 Å². The number of hydrogen-bond donors (Lipinski definition) is 1. The first-order valence-electron chi connectivity index (χ1n) is 6.73. The Morgan fingerprint density at radius 1 is 1.19 bits per heavy atom. The Bertz CT molecular complexity index is 782. The molecule has 4 nitrogen and oxygen atoms in total. The quantitative estimate of drug-likeness (QED) is 0.801. The van der Waals surface area contributed by atoms with Crippen LogP contribution in [0.5, 0.6) is 5.75 Å². The van der Waals surface area contributed by atoms with Gasteiger partial charge in [-0.15, -0.1) is 0 Å². The van der Waals surface area contributed by atoms with Gasteiger partial charge in [0.1, 0.15) is 17.1 Å². The third-order valence-corrected chi connectivity index (χ3v) is 3.55. The lowest BCUT2D eigenvalue weighted by Crippen LogP contribution is -2.06. The van der Waals surface area contributed by atoms with Crippen molar-refractivity contribution in [1.82, 2.24) is 9.55 Å². The number of imidazole rings is 1. The van der Waals surface area contributed by atoms with Crippen molar-refractivity contribution in [2.24, 2.45) is 0 Å². The molecule has 0 spiro atoms. The average molecular weight is 285 g/mol. The Balaban J connectivity index is 1.94. The Labute approximate surface area is 122 Å². The summed E-state index contributed by atoms with van der Waals surface area (Å²) >= 11 is 0. The maximum Gasteiger partial charge on any atom is 0.201 e. The van der Waals surface area contributed by atoms with Crippen LogP contribution < -0.4 is 10.5 Å². The largest absolute Gasteiger partial charge is 0.494 e. The zero-order valence-electron chi connectivity index (χ0n) is 11.7. The molecule has 0 atom stereocenters.